The fraction of sp³-hybridized carbons (Fsp3) is 0.500. The van der Waals surface area contributed by atoms with Crippen molar-refractivity contribution in [3.63, 3.8) is 0 Å². The van der Waals surface area contributed by atoms with Crippen molar-refractivity contribution in [3.8, 4) is 0 Å². The van der Waals surface area contributed by atoms with Crippen molar-refractivity contribution in [2.24, 2.45) is 5.16 Å². The van der Waals surface area contributed by atoms with E-state index in [1.165, 1.54) is 7.11 Å². The second kappa shape index (κ2) is 4.14. The summed E-state index contributed by atoms with van der Waals surface area (Å²) >= 11 is 5.15. The summed E-state index contributed by atoms with van der Waals surface area (Å²) < 4.78 is 4.18. The van der Waals surface area contributed by atoms with Crippen LogP contribution in [0.5, 0.6) is 0 Å². The highest BCUT2D eigenvalue weighted by molar-refractivity contribution is 6.47. The molecule has 0 saturated carbocycles. The van der Waals surface area contributed by atoms with E-state index in [1.807, 2.05) is 0 Å². The number of alkyl halides is 1. The van der Waals surface area contributed by atoms with Crippen LogP contribution in [-0.2, 0) is 9.53 Å². The molecule has 0 spiro atoms. The largest absolute Gasteiger partial charge is 0.464 e. The number of hydrogen-bond donors (Lipinski definition) is 1. The first-order valence-electron chi connectivity index (χ1n) is 2.11. The highest BCUT2D eigenvalue weighted by Gasteiger charge is 2.09. The van der Waals surface area contributed by atoms with Gasteiger partial charge in [-0.1, -0.05) is 5.16 Å². The lowest BCUT2D eigenvalue weighted by molar-refractivity contribution is -0.132. The number of carbonyl (C=O) groups excluding carboxylic acids is 1. The van der Waals surface area contributed by atoms with Crippen molar-refractivity contribution in [2.45, 2.75) is 0 Å². The molecule has 0 amide bonds. The molecule has 0 aromatic carbocycles. The Balaban J connectivity index is 3.97. The zero-order valence-corrected chi connectivity index (χ0v) is 5.55. The molecule has 0 radical (unpaired) electrons. The van der Waals surface area contributed by atoms with Crippen molar-refractivity contribution >= 4 is 23.3 Å². The predicted molar refractivity (Wildman–Crippen MR) is 32.0 cm³/mol. The molecule has 0 fully saturated rings. The Kier molecular flexibility index (Phi) is 3.79. The Labute approximate surface area is 57.1 Å². The van der Waals surface area contributed by atoms with Crippen molar-refractivity contribution in [2.75, 3.05) is 13.0 Å². The van der Waals surface area contributed by atoms with E-state index in [0.717, 1.165) is 0 Å². The van der Waals surface area contributed by atoms with Gasteiger partial charge in [-0.2, -0.15) is 0 Å². The highest BCUT2D eigenvalue weighted by atomic mass is 35.5. The second-order valence-corrected chi connectivity index (χ2v) is 1.44. The molecule has 52 valence electrons. The summed E-state index contributed by atoms with van der Waals surface area (Å²) in [5.41, 5.74) is -0.195. The van der Waals surface area contributed by atoms with Gasteiger partial charge in [-0.15, -0.1) is 11.6 Å². The number of rotatable bonds is 2. The van der Waals surface area contributed by atoms with Gasteiger partial charge in [-0.3, -0.25) is 0 Å². The van der Waals surface area contributed by atoms with Crippen LogP contribution < -0.4 is 0 Å². The third-order valence-electron chi connectivity index (χ3n) is 0.668. The van der Waals surface area contributed by atoms with Crippen LogP contribution in [0.4, 0.5) is 0 Å². The molecule has 0 aliphatic carbocycles. The number of esters is 1. The van der Waals surface area contributed by atoms with Crippen LogP contribution in [0.3, 0.4) is 0 Å². The van der Waals surface area contributed by atoms with Gasteiger partial charge in [0.05, 0.1) is 13.0 Å². The molecule has 0 atom stereocenters. The van der Waals surface area contributed by atoms with E-state index in [2.05, 4.69) is 9.89 Å². The summed E-state index contributed by atoms with van der Waals surface area (Å²) in [6.45, 7) is 0. The van der Waals surface area contributed by atoms with Gasteiger partial charge in [0.2, 0.25) is 0 Å². The fourth-order valence-electron chi connectivity index (χ4n) is 0.240. The van der Waals surface area contributed by atoms with E-state index in [9.17, 15) is 4.79 Å². The van der Waals surface area contributed by atoms with Crippen molar-refractivity contribution in [1.29, 1.82) is 0 Å². The molecule has 0 heterocycles. The lowest BCUT2D eigenvalue weighted by Crippen LogP contribution is -2.16. The van der Waals surface area contributed by atoms with Crippen molar-refractivity contribution in [3.05, 3.63) is 0 Å². The minimum absolute atomic E-state index is 0.150. The predicted octanol–water partition coefficient (Wildman–Crippen LogP) is 0.228. The zero-order chi connectivity index (χ0) is 7.28. The maximum atomic E-state index is 10.4. The summed E-state index contributed by atoms with van der Waals surface area (Å²) in [4.78, 5) is 10.4. The lowest BCUT2D eigenvalue weighted by atomic mass is 10.4. The molecule has 0 aromatic rings. The number of oxime groups is 1. The first-order chi connectivity index (χ1) is 4.26. The number of carbonyl (C=O) groups is 1. The maximum absolute atomic E-state index is 10.4. The third kappa shape index (κ3) is 2.32. The number of methoxy groups -OCH3 is 1. The van der Waals surface area contributed by atoms with E-state index in [-0.39, 0.29) is 11.6 Å². The normalized spacial score (nSPS) is 11.1. The Hall–Kier alpha value is -0.770. The quantitative estimate of drug-likeness (QED) is 0.202. The van der Waals surface area contributed by atoms with E-state index in [0.29, 0.717) is 0 Å². The van der Waals surface area contributed by atoms with Gasteiger partial charge in [0.25, 0.3) is 0 Å². The van der Waals surface area contributed by atoms with E-state index in [1.54, 1.807) is 0 Å². The van der Waals surface area contributed by atoms with Gasteiger partial charge >= 0.3 is 5.97 Å². The van der Waals surface area contributed by atoms with Crippen LogP contribution in [0.15, 0.2) is 5.16 Å². The van der Waals surface area contributed by atoms with E-state index >= 15 is 0 Å². The molecular weight excluding hydrogens is 146 g/mol. The SMILES string of the molecule is COC(=O)/C(CCl)=N\O. The van der Waals surface area contributed by atoms with Crippen LogP contribution in [0.2, 0.25) is 0 Å². The number of nitrogens with zero attached hydrogens (tertiary/aromatic N) is 1. The highest BCUT2D eigenvalue weighted by Crippen LogP contribution is 1.85. The molecule has 0 aromatic heterocycles. The molecule has 9 heavy (non-hydrogen) atoms. The van der Waals surface area contributed by atoms with E-state index < -0.39 is 5.97 Å². The second-order valence-electron chi connectivity index (χ2n) is 1.17. The summed E-state index contributed by atoms with van der Waals surface area (Å²) in [6.07, 6.45) is 0. The molecule has 0 rings (SSSR count). The standard InChI is InChI=1S/C4H6ClNO3/c1-9-4(7)3(2-5)6-8/h8H,2H2,1H3/b6-3-. The van der Waals surface area contributed by atoms with Crippen LogP contribution in [0, 0.1) is 0 Å². The third-order valence-corrected chi connectivity index (χ3v) is 0.921. The minimum Gasteiger partial charge on any atom is -0.464 e. The molecule has 0 unspecified atom stereocenters. The maximum Gasteiger partial charge on any atom is 0.357 e. The van der Waals surface area contributed by atoms with Gasteiger partial charge in [-0.05, 0) is 0 Å². The molecule has 0 aliphatic heterocycles. The van der Waals surface area contributed by atoms with E-state index in [4.69, 9.17) is 16.8 Å². The summed E-state index contributed by atoms with van der Waals surface area (Å²) in [6, 6.07) is 0. The summed E-state index contributed by atoms with van der Waals surface area (Å²) in [5.74, 6) is -0.865. The van der Waals surface area contributed by atoms with Gasteiger partial charge in [-0.25, -0.2) is 4.79 Å². The van der Waals surface area contributed by atoms with Crippen molar-refractivity contribution in [1.82, 2.24) is 0 Å². The number of hydrogen-bond acceptors (Lipinski definition) is 4. The smallest absolute Gasteiger partial charge is 0.357 e. The lowest BCUT2D eigenvalue weighted by Gasteiger charge is -1.94. The molecule has 5 heteroatoms. The van der Waals surface area contributed by atoms with Crippen molar-refractivity contribution < 1.29 is 14.7 Å². The average molecular weight is 152 g/mol. The Morgan fingerprint density at radius 3 is 2.56 bits per heavy atom. The number of ether oxygens (including phenoxy) is 1. The molecule has 0 aliphatic rings. The molecule has 1 N–H and O–H groups in total. The Bertz CT molecular complexity index is 134. The Morgan fingerprint density at radius 1 is 1.89 bits per heavy atom. The first-order valence-corrected chi connectivity index (χ1v) is 2.65. The Morgan fingerprint density at radius 2 is 2.44 bits per heavy atom. The fourth-order valence-corrected chi connectivity index (χ4v) is 0.402. The summed E-state index contributed by atoms with van der Waals surface area (Å²) in [5, 5.41) is 10.6. The van der Waals surface area contributed by atoms with Gasteiger partial charge in [0.1, 0.15) is 0 Å². The topological polar surface area (TPSA) is 58.9 Å². The van der Waals surface area contributed by atoms with Gasteiger partial charge in [0.15, 0.2) is 5.71 Å². The van der Waals surface area contributed by atoms with Crippen LogP contribution >= 0.6 is 11.6 Å². The molecule has 4 nitrogen and oxygen atoms in total. The zero-order valence-electron chi connectivity index (χ0n) is 4.80. The van der Waals surface area contributed by atoms with Gasteiger partial charge in [0, 0.05) is 0 Å². The number of halogens is 1. The van der Waals surface area contributed by atoms with Gasteiger partial charge < -0.3 is 9.94 Å². The molecular formula is C4H6ClNO3. The monoisotopic (exact) mass is 151 g/mol. The van der Waals surface area contributed by atoms with Crippen LogP contribution in [0.25, 0.3) is 0 Å². The van der Waals surface area contributed by atoms with Crippen LogP contribution in [-0.4, -0.2) is 29.9 Å². The first kappa shape index (κ1) is 8.23. The molecule has 0 saturated heterocycles. The minimum atomic E-state index is -0.715. The average Bonchev–Trinajstić information content (AvgIpc) is 1.90. The summed E-state index contributed by atoms with van der Waals surface area (Å²) in [7, 11) is 1.18. The molecule has 0 bridgehead atoms. The van der Waals surface area contributed by atoms with Crippen LogP contribution in [0.1, 0.15) is 0 Å².